The van der Waals surface area contributed by atoms with Crippen LogP contribution >= 0.6 is 0 Å². The molecule has 132 valence electrons. The van der Waals surface area contributed by atoms with Gasteiger partial charge in [-0.15, -0.1) is 0 Å². The first-order chi connectivity index (χ1) is 10.4. The third-order valence-corrected chi connectivity index (χ3v) is 3.02. The van der Waals surface area contributed by atoms with Gasteiger partial charge in [0.15, 0.2) is 0 Å². The number of hydrogen-bond acceptors (Lipinski definition) is 5. The van der Waals surface area contributed by atoms with Gasteiger partial charge in [-0.1, -0.05) is 13.3 Å². The normalized spacial score (nSPS) is 19.1. The minimum Gasteiger partial charge on any atom is -0.443 e. The Balaban J connectivity index is 2.94. The van der Waals surface area contributed by atoms with E-state index < -0.39 is 35.5 Å². The Labute approximate surface area is 137 Å². The summed E-state index contributed by atoms with van der Waals surface area (Å²) in [5, 5.41) is 0. The fourth-order valence-corrected chi connectivity index (χ4v) is 2.22. The molecule has 0 N–H and O–H groups in total. The van der Waals surface area contributed by atoms with Crippen LogP contribution in [0.25, 0.3) is 0 Å². The van der Waals surface area contributed by atoms with Gasteiger partial charge in [0.25, 0.3) is 0 Å². The van der Waals surface area contributed by atoms with Crippen LogP contribution in [0.1, 0.15) is 61.3 Å². The van der Waals surface area contributed by atoms with Crippen molar-refractivity contribution in [1.29, 1.82) is 0 Å². The summed E-state index contributed by atoms with van der Waals surface area (Å²) in [6, 6.07) is -1.08. The topological polar surface area (TPSA) is 76.2 Å². The SMILES string of the molecule is CCCC1CN(C(=O)OC(C)(C)C)C(=O)N1C(=O)OC(C)(C)C. The van der Waals surface area contributed by atoms with E-state index in [1.165, 1.54) is 0 Å². The maximum Gasteiger partial charge on any atom is 0.418 e. The first-order valence-electron chi connectivity index (χ1n) is 7.92. The lowest BCUT2D eigenvalue weighted by molar-refractivity contribution is 0.0282. The molecule has 1 saturated heterocycles. The van der Waals surface area contributed by atoms with Gasteiger partial charge in [0, 0.05) is 0 Å². The number of hydrogen-bond donors (Lipinski definition) is 0. The predicted molar refractivity (Wildman–Crippen MR) is 85.1 cm³/mol. The van der Waals surface area contributed by atoms with Crippen molar-refractivity contribution in [3.8, 4) is 0 Å². The molecule has 1 fully saturated rings. The van der Waals surface area contributed by atoms with Crippen molar-refractivity contribution in [2.24, 2.45) is 0 Å². The number of ether oxygens (including phenoxy) is 2. The van der Waals surface area contributed by atoms with Gasteiger partial charge in [0.1, 0.15) is 11.2 Å². The molecule has 0 aromatic carbocycles. The summed E-state index contributed by atoms with van der Waals surface area (Å²) in [5.74, 6) is 0. The van der Waals surface area contributed by atoms with Crippen molar-refractivity contribution in [3.05, 3.63) is 0 Å². The van der Waals surface area contributed by atoms with Crippen molar-refractivity contribution in [2.45, 2.75) is 78.6 Å². The van der Waals surface area contributed by atoms with Gasteiger partial charge in [-0.05, 0) is 48.0 Å². The van der Waals surface area contributed by atoms with Crippen LogP contribution in [0.3, 0.4) is 0 Å². The molecule has 0 saturated carbocycles. The Morgan fingerprint density at radius 3 is 1.96 bits per heavy atom. The zero-order valence-electron chi connectivity index (χ0n) is 15.1. The van der Waals surface area contributed by atoms with Crippen molar-refractivity contribution < 1.29 is 23.9 Å². The molecule has 1 atom stereocenters. The highest BCUT2D eigenvalue weighted by atomic mass is 16.6. The third-order valence-electron chi connectivity index (χ3n) is 3.02. The van der Waals surface area contributed by atoms with Crippen LogP contribution in [0.4, 0.5) is 14.4 Å². The van der Waals surface area contributed by atoms with Crippen molar-refractivity contribution in [1.82, 2.24) is 9.80 Å². The minimum atomic E-state index is -0.741. The van der Waals surface area contributed by atoms with Crippen molar-refractivity contribution >= 4 is 18.2 Å². The van der Waals surface area contributed by atoms with Crippen LogP contribution in [0.15, 0.2) is 0 Å². The van der Waals surface area contributed by atoms with E-state index in [9.17, 15) is 14.4 Å². The molecule has 0 aromatic heterocycles. The van der Waals surface area contributed by atoms with Crippen LogP contribution in [-0.2, 0) is 9.47 Å². The second-order valence-corrected chi connectivity index (χ2v) is 7.67. The van der Waals surface area contributed by atoms with E-state index in [1.54, 1.807) is 41.5 Å². The molecule has 0 aromatic rings. The molecule has 0 aliphatic carbocycles. The Bertz CT molecular complexity index is 476. The molecule has 4 amide bonds. The molecule has 1 unspecified atom stereocenters. The summed E-state index contributed by atoms with van der Waals surface area (Å²) in [5.41, 5.74) is -1.43. The lowest BCUT2D eigenvalue weighted by atomic mass is 10.1. The molecule has 0 bridgehead atoms. The van der Waals surface area contributed by atoms with Gasteiger partial charge in [0.05, 0.1) is 12.6 Å². The summed E-state index contributed by atoms with van der Waals surface area (Å²) < 4.78 is 10.5. The van der Waals surface area contributed by atoms with E-state index >= 15 is 0 Å². The summed E-state index contributed by atoms with van der Waals surface area (Å²) in [4.78, 5) is 39.0. The molecule has 23 heavy (non-hydrogen) atoms. The van der Waals surface area contributed by atoms with Crippen molar-refractivity contribution in [3.63, 3.8) is 0 Å². The zero-order chi connectivity index (χ0) is 18.0. The quantitative estimate of drug-likeness (QED) is 0.771. The second-order valence-electron chi connectivity index (χ2n) is 7.67. The summed E-state index contributed by atoms with van der Waals surface area (Å²) >= 11 is 0. The summed E-state index contributed by atoms with van der Waals surface area (Å²) in [7, 11) is 0. The van der Waals surface area contributed by atoms with E-state index in [4.69, 9.17) is 9.47 Å². The first-order valence-corrected chi connectivity index (χ1v) is 7.92. The smallest absolute Gasteiger partial charge is 0.418 e. The third kappa shape index (κ3) is 5.41. The maximum atomic E-state index is 12.5. The van der Waals surface area contributed by atoms with Crippen LogP contribution < -0.4 is 0 Å². The monoisotopic (exact) mass is 328 g/mol. The fourth-order valence-electron chi connectivity index (χ4n) is 2.22. The molecule has 1 aliphatic rings. The van der Waals surface area contributed by atoms with E-state index in [2.05, 4.69) is 0 Å². The zero-order valence-corrected chi connectivity index (χ0v) is 15.1. The molecule has 0 spiro atoms. The predicted octanol–water partition coefficient (Wildman–Crippen LogP) is 3.76. The standard InChI is InChI=1S/C16H28N2O5/c1-8-9-11-10-17(13(20)22-15(2,3)4)12(19)18(11)14(21)23-16(5,6)7/h11H,8-10H2,1-7H3. The number of nitrogens with zero attached hydrogens (tertiary/aromatic N) is 2. The van der Waals surface area contributed by atoms with E-state index in [-0.39, 0.29) is 6.54 Å². The molecule has 1 heterocycles. The number of carbonyl (C=O) groups excluding carboxylic acids is 3. The number of amides is 4. The van der Waals surface area contributed by atoms with E-state index in [0.29, 0.717) is 6.42 Å². The van der Waals surface area contributed by atoms with Gasteiger partial charge in [-0.25, -0.2) is 24.2 Å². The molecular weight excluding hydrogens is 300 g/mol. The number of rotatable bonds is 2. The Morgan fingerprint density at radius 1 is 1.04 bits per heavy atom. The van der Waals surface area contributed by atoms with Gasteiger partial charge >= 0.3 is 18.2 Å². The summed E-state index contributed by atoms with van der Waals surface area (Å²) in [6.07, 6.45) is -0.0920. The lowest BCUT2D eigenvalue weighted by Crippen LogP contribution is -2.44. The minimum absolute atomic E-state index is 0.126. The van der Waals surface area contributed by atoms with Crippen molar-refractivity contribution in [2.75, 3.05) is 6.54 Å². The van der Waals surface area contributed by atoms with E-state index in [0.717, 1.165) is 16.2 Å². The highest BCUT2D eigenvalue weighted by Gasteiger charge is 2.46. The van der Waals surface area contributed by atoms with Crippen LogP contribution in [0.2, 0.25) is 0 Å². The first kappa shape index (κ1) is 19.3. The molecule has 7 heteroatoms. The molecule has 0 radical (unpaired) electrons. The van der Waals surface area contributed by atoms with Crippen LogP contribution in [0, 0.1) is 0 Å². The van der Waals surface area contributed by atoms with Crippen LogP contribution in [0.5, 0.6) is 0 Å². The number of imide groups is 2. The van der Waals surface area contributed by atoms with Gasteiger partial charge in [-0.2, -0.15) is 0 Å². The Morgan fingerprint density at radius 2 is 1.52 bits per heavy atom. The highest BCUT2D eigenvalue weighted by Crippen LogP contribution is 2.24. The van der Waals surface area contributed by atoms with Gasteiger partial charge in [0.2, 0.25) is 0 Å². The largest absolute Gasteiger partial charge is 0.443 e. The fraction of sp³-hybridized carbons (Fsp3) is 0.812. The second kappa shape index (κ2) is 6.76. The number of urea groups is 1. The molecule has 1 aliphatic heterocycles. The number of carbonyl (C=O) groups is 3. The Hall–Kier alpha value is -1.79. The van der Waals surface area contributed by atoms with Gasteiger partial charge in [-0.3, -0.25) is 0 Å². The average molecular weight is 328 g/mol. The van der Waals surface area contributed by atoms with Crippen LogP contribution in [-0.4, -0.2) is 51.8 Å². The molecular formula is C16H28N2O5. The Kier molecular flexibility index (Phi) is 5.66. The molecule has 1 rings (SSSR count). The van der Waals surface area contributed by atoms with E-state index in [1.807, 2.05) is 6.92 Å². The maximum absolute atomic E-state index is 12.5. The summed E-state index contributed by atoms with van der Waals surface area (Å²) in [6.45, 7) is 12.4. The van der Waals surface area contributed by atoms with Gasteiger partial charge < -0.3 is 9.47 Å². The average Bonchev–Trinajstić information content (AvgIpc) is 2.62. The lowest BCUT2D eigenvalue weighted by Gasteiger charge is -2.26. The highest BCUT2D eigenvalue weighted by molar-refractivity contribution is 6.01. The molecule has 7 nitrogen and oxygen atoms in total.